The zero-order chi connectivity index (χ0) is 15.6. The quantitative estimate of drug-likeness (QED) is 0.545. The van der Waals surface area contributed by atoms with Crippen LogP contribution in [0.2, 0.25) is 0 Å². The summed E-state index contributed by atoms with van der Waals surface area (Å²) >= 11 is 0. The third-order valence-corrected chi connectivity index (χ3v) is 5.83. The first kappa shape index (κ1) is 17.8. The van der Waals surface area contributed by atoms with Crippen LogP contribution < -0.4 is 0 Å². The average molecular weight is 309 g/mol. The highest BCUT2D eigenvalue weighted by Crippen LogP contribution is 2.41. The summed E-state index contributed by atoms with van der Waals surface area (Å²) in [5, 5.41) is 0. The predicted molar refractivity (Wildman–Crippen MR) is 92.8 cm³/mol. The van der Waals surface area contributed by atoms with E-state index in [1.165, 1.54) is 57.8 Å². The molecule has 0 aliphatic heterocycles. The lowest BCUT2D eigenvalue weighted by Gasteiger charge is -2.37. The summed E-state index contributed by atoms with van der Waals surface area (Å²) in [7, 11) is 1.84. The molecule has 0 unspecified atom stereocenters. The lowest BCUT2D eigenvalue weighted by atomic mass is 9.69. The van der Waals surface area contributed by atoms with E-state index in [1.54, 1.807) is 0 Å². The molecule has 2 aliphatic rings. The zero-order valence-electron chi connectivity index (χ0n) is 14.8. The molecule has 0 N–H and O–H groups in total. The van der Waals surface area contributed by atoms with Gasteiger partial charge in [0.25, 0.3) is 0 Å². The van der Waals surface area contributed by atoms with Gasteiger partial charge >= 0.3 is 0 Å². The van der Waals surface area contributed by atoms with E-state index < -0.39 is 0 Å². The number of methoxy groups -OCH3 is 1. The van der Waals surface area contributed by atoms with E-state index in [9.17, 15) is 0 Å². The summed E-state index contributed by atoms with van der Waals surface area (Å²) in [6, 6.07) is 0. The minimum atomic E-state index is 0.798. The molecule has 0 amide bonds. The summed E-state index contributed by atoms with van der Waals surface area (Å²) in [6.45, 7) is 4.12. The Bertz CT molecular complexity index is 297. The van der Waals surface area contributed by atoms with Gasteiger partial charge in [0.05, 0.1) is 12.9 Å². The molecule has 22 heavy (non-hydrogen) atoms. The van der Waals surface area contributed by atoms with Crippen molar-refractivity contribution < 1.29 is 9.47 Å². The van der Waals surface area contributed by atoms with Crippen LogP contribution in [0.5, 0.6) is 0 Å². The zero-order valence-corrected chi connectivity index (χ0v) is 14.8. The van der Waals surface area contributed by atoms with Gasteiger partial charge in [-0.1, -0.05) is 13.3 Å². The van der Waals surface area contributed by atoms with Gasteiger partial charge in [0, 0.05) is 13.7 Å². The smallest absolute Gasteiger partial charge is 0.0901 e. The number of rotatable bonds is 8. The Morgan fingerprint density at radius 3 is 1.86 bits per heavy atom. The molecule has 0 aromatic heterocycles. The van der Waals surface area contributed by atoms with Crippen LogP contribution in [-0.4, -0.2) is 20.3 Å². The molecule has 0 spiro atoms. The molecule has 0 heterocycles. The number of ether oxygens (including phenoxy) is 2. The van der Waals surface area contributed by atoms with Gasteiger partial charge in [-0.15, -0.1) is 0 Å². The second-order valence-corrected chi connectivity index (χ2v) is 7.51. The Balaban J connectivity index is 1.59. The van der Waals surface area contributed by atoms with Gasteiger partial charge in [-0.3, -0.25) is 0 Å². The van der Waals surface area contributed by atoms with Crippen molar-refractivity contribution in [2.24, 2.45) is 23.7 Å². The normalized spacial score (nSPS) is 33.2. The van der Waals surface area contributed by atoms with Gasteiger partial charge < -0.3 is 9.47 Å². The summed E-state index contributed by atoms with van der Waals surface area (Å²) in [4.78, 5) is 0. The Labute approximate surface area is 137 Å². The van der Waals surface area contributed by atoms with Crippen molar-refractivity contribution in [1.29, 1.82) is 0 Å². The maximum absolute atomic E-state index is 5.70. The highest BCUT2D eigenvalue weighted by molar-refractivity contribution is 4.82. The molecule has 2 aliphatic carbocycles. The van der Waals surface area contributed by atoms with E-state index in [0.29, 0.717) is 0 Å². The summed E-state index contributed by atoms with van der Waals surface area (Å²) in [5.74, 6) is 3.63. The molecule has 0 radical (unpaired) electrons. The van der Waals surface area contributed by atoms with Crippen LogP contribution in [0.1, 0.15) is 71.1 Å². The Morgan fingerprint density at radius 1 is 0.818 bits per heavy atom. The third kappa shape index (κ3) is 5.95. The Morgan fingerprint density at radius 2 is 1.36 bits per heavy atom. The molecule has 0 saturated heterocycles. The number of hydrogen-bond donors (Lipinski definition) is 0. The van der Waals surface area contributed by atoms with Gasteiger partial charge in [0.15, 0.2) is 0 Å². The van der Waals surface area contributed by atoms with Crippen molar-refractivity contribution in [3.8, 4) is 0 Å². The monoisotopic (exact) mass is 308 g/mol. The standard InChI is InChI=1S/C20H36O2/c1-3-4-5-14-22-16-18-8-12-20(13-9-18)19-10-6-17(7-11-19)15-21-2/h5,14,17-20H,3-4,6-13,15-16H2,1-2H3/b14-5-. The van der Waals surface area contributed by atoms with Crippen LogP contribution in [0.15, 0.2) is 12.3 Å². The molecule has 0 atom stereocenters. The topological polar surface area (TPSA) is 18.5 Å². The van der Waals surface area contributed by atoms with Crippen LogP contribution in [0.3, 0.4) is 0 Å². The van der Waals surface area contributed by atoms with Crippen LogP contribution in [-0.2, 0) is 9.47 Å². The molecule has 0 bridgehead atoms. The van der Waals surface area contributed by atoms with Crippen molar-refractivity contribution in [2.45, 2.75) is 71.1 Å². The lowest BCUT2D eigenvalue weighted by molar-refractivity contribution is 0.0834. The Kier molecular flexibility index (Phi) is 8.36. The Hall–Kier alpha value is -0.500. The molecular formula is C20H36O2. The van der Waals surface area contributed by atoms with E-state index in [2.05, 4.69) is 13.0 Å². The van der Waals surface area contributed by atoms with E-state index in [1.807, 2.05) is 13.4 Å². The number of unbranched alkanes of at least 4 members (excludes halogenated alkanes) is 1. The maximum Gasteiger partial charge on any atom is 0.0901 e. The van der Waals surface area contributed by atoms with Gasteiger partial charge in [-0.2, -0.15) is 0 Å². The van der Waals surface area contributed by atoms with Crippen molar-refractivity contribution >= 4 is 0 Å². The summed E-state index contributed by atoms with van der Waals surface area (Å²) < 4.78 is 11.0. The maximum atomic E-state index is 5.70. The third-order valence-electron chi connectivity index (χ3n) is 5.83. The van der Waals surface area contributed by atoms with Gasteiger partial charge in [0.1, 0.15) is 0 Å². The second-order valence-electron chi connectivity index (χ2n) is 7.51. The summed E-state index contributed by atoms with van der Waals surface area (Å²) in [6.07, 6.45) is 17.7. The van der Waals surface area contributed by atoms with Crippen LogP contribution in [0.4, 0.5) is 0 Å². The molecule has 128 valence electrons. The molecular weight excluding hydrogens is 272 g/mol. The van der Waals surface area contributed by atoms with Crippen molar-refractivity contribution in [3.05, 3.63) is 12.3 Å². The van der Waals surface area contributed by atoms with Crippen LogP contribution >= 0.6 is 0 Å². The molecule has 2 heteroatoms. The highest BCUT2D eigenvalue weighted by atomic mass is 16.5. The molecule has 0 aromatic carbocycles. The fourth-order valence-corrected chi connectivity index (χ4v) is 4.38. The first-order valence-corrected chi connectivity index (χ1v) is 9.59. The SMILES string of the molecule is CCC/C=C\OCC1CCC(C2CCC(COC)CC2)CC1. The van der Waals surface area contributed by atoms with E-state index in [-0.39, 0.29) is 0 Å². The number of hydrogen-bond acceptors (Lipinski definition) is 2. The van der Waals surface area contributed by atoms with Crippen LogP contribution in [0, 0.1) is 23.7 Å². The van der Waals surface area contributed by atoms with Crippen molar-refractivity contribution in [2.75, 3.05) is 20.3 Å². The van der Waals surface area contributed by atoms with Gasteiger partial charge in [-0.25, -0.2) is 0 Å². The van der Waals surface area contributed by atoms with Gasteiger partial charge in [-0.05, 0) is 87.5 Å². The minimum absolute atomic E-state index is 0.798. The van der Waals surface area contributed by atoms with Crippen molar-refractivity contribution in [1.82, 2.24) is 0 Å². The lowest BCUT2D eigenvalue weighted by Crippen LogP contribution is -2.27. The van der Waals surface area contributed by atoms with Gasteiger partial charge in [0.2, 0.25) is 0 Å². The largest absolute Gasteiger partial charge is 0.501 e. The average Bonchev–Trinajstić information content (AvgIpc) is 2.56. The molecule has 2 saturated carbocycles. The molecule has 2 fully saturated rings. The number of allylic oxidation sites excluding steroid dienone is 1. The van der Waals surface area contributed by atoms with Crippen molar-refractivity contribution in [3.63, 3.8) is 0 Å². The first-order valence-electron chi connectivity index (χ1n) is 9.59. The van der Waals surface area contributed by atoms with Crippen LogP contribution in [0.25, 0.3) is 0 Å². The highest BCUT2D eigenvalue weighted by Gasteiger charge is 2.30. The molecule has 0 aromatic rings. The van der Waals surface area contributed by atoms with E-state index >= 15 is 0 Å². The molecule has 2 nitrogen and oxygen atoms in total. The van der Waals surface area contributed by atoms with E-state index in [4.69, 9.17) is 9.47 Å². The first-order chi connectivity index (χ1) is 10.8. The second kappa shape index (κ2) is 10.3. The summed E-state index contributed by atoms with van der Waals surface area (Å²) in [5.41, 5.74) is 0. The van der Waals surface area contributed by atoms with E-state index in [0.717, 1.165) is 43.3 Å². The molecule has 2 rings (SSSR count). The predicted octanol–water partition coefficient (Wildman–Crippen LogP) is 5.58. The minimum Gasteiger partial charge on any atom is -0.501 e. The fourth-order valence-electron chi connectivity index (χ4n) is 4.38. The fraction of sp³-hybridized carbons (Fsp3) is 0.900.